The number of nitrogens with zero attached hydrogens (tertiary/aromatic N) is 1. The predicted octanol–water partition coefficient (Wildman–Crippen LogP) is 0.732. The van der Waals surface area contributed by atoms with Crippen LogP contribution in [0.4, 0.5) is 0 Å². The van der Waals surface area contributed by atoms with Crippen molar-refractivity contribution < 1.29 is 17.0 Å². The fourth-order valence-corrected chi connectivity index (χ4v) is 1.88. The van der Waals surface area contributed by atoms with Crippen LogP contribution in [0.15, 0.2) is 22.8 Å². The van der Waals surface area contributed by atoms with Gasteiger partial charge in [0, 0.05) is 12.5 Å². The summed E-state index contributed by atoms with van der Waals surface area (Å²) >= 11 is 0. The van der Waals surface area contributed by atoms with E-state index >= 15 is 0 Å². The molecule has 0 saturated heterocycles. The maximum atomic E-state index is 11.0. The fraction of sp³-hybridized carbons (Fsp3) is 0.500. The van der Waals surface area contributed by atoms with Gasteiger partial charge >= 0.3 is 0 Å². The highest BCUT2D eigenvalue weighted by Crippen LogP contribution is 2.09. The predicted molar refractivity (Wildman–Crippen MR) is 68.5 cm³/mol. The van der Waals surface area contributed by atoms with E-state index in [9.17, 15) is 8.42 Å². The van der Waals surface area contributed by atoms with Crippen LogP contribution in [0.25, 0.3) is 0 Å². The van der Waals surface area contributed by atoms with Gasteiger partial charge in [0.15, 0.2) is 0 Å². The first kappa shape index (κ1) is 14.8. The van der Waals surface area contributed by atoms with Gasteiger partial charge in [0.25, 0.3) is 10.1 Å². The summed E-state index contributed by atoms with van der Waals surface area (Å²) in [5.41, 5.74) is 0. The summed E-state index contributed by atoms with van der Waals surface area (Å²) < 4.78 is 32.1. The highest BCUT2D eigenvalue weighted by molar-refractivity contribution is 7.85. The summed E-state index contributed by atoms with van der Waals surface area (Å²) in [5.74, 6) is 3.28. The summed E-state index contributed by atoms with van der Waals surface area (Å²) in [6, 6.07) is 3.46. The summed E-state index contributed by atoms with van der Waals surface area (Å²) in [6.07, 6.45) is 8.39. The number of furan rings is 1. The molecule has 1 heterocycles. The standard InChI is InChI=1S/C12H17NO4S/c1-4-7-13(2)11(10-17-18(3,14)15)9-12-6-5-8-16-12/h1,5-6,8,11H,7,9-10H2,2-3H3. The first-order valence-electron chi connectivity index (χ1n) is 5.43. The maximum Gasteiger partial charge on any atom is 0.264 e. The molecule has 1 rings (SSSR count). The molecule has 0 aromatic carbocycles. The van der Waals surface area contributed by atoms with E-state index in [2.05, 4.69) is 5.92 Å². The van der Waals surface area contributed by atoms with E-state index in [1.165, 1.54) is 0 Å². The van der Waals surface area contributed by atoms with Crippen molar-refractivity contribution in [3.63, 3.8) is 0 Å². The Labute approximate surface area is 108 Å². The highest BCUT2D eigenvalue weighted by atomic mass is 32.2. The van der Waals surface area contributed by atoms with Gasteiger partial charge in [-0.05, 0) is 19.2 Å². The van der Waals surface area contributed by atoms with Gasteiger partial charge < -0.3 is 4.42 Å². The summed E-state index contributed by atoms with van der Waals surface area (Å²) in [5, 5.41) is 0. The van der Waals surface area contributed by atoms with E-state index in [1.54, 1.807) is 12.3 Å². The Morgan fingerprint density at radius 3 is 2.83 bits per heavy atom. The van der Waals surface area contributed by atoms with E-state index in [-0.39, 0.29) is 12.6 Å². The number of likely N-dealkylation sites (N-methyl/N-ethyl adjacent to an activating group) is 1. The molecule has 100 valence electrons. The van der Waals surface area contributed by atoms with Crippen molar-refractivity contribution in [3.05, 3.63) is 24.2 Å². The van der Waals surface area contributed by atoms with Crippen molar-refractivity contribution in [1.82, 2.24) is 4.90 Å². The molecule has 0 saturated carbocycles. The molecule has 0 N–H and O–H groups in total. The fourth-order valence-electron chi connectivity index (χ4n) is 1.48. The SMILES string of the molecule is C#CCN(C)C(COS(C)(=O)=O)Cc1ccco1. The summed E-state index contributed by atoms with van der Waals surface area (Å²) in [6.45, 7) is 0.468. The van der Waals surface area contributed by atoms with Gasteiger partial charge in [-0.25, -0.2) is 0 Å². The Morgan fingerprint density at radius 2 is 2.33 bits per heavy atom. The van der Waals surface area contributed by atoms with Crippen molar-refractivity contribution in [1.29, 1.82) is 0 Å². The Kier molecular flexibility index (Phi) is 5.41. The molecule has 0 fully saturated rings. The second-order valence-electron chi connectivity index (χ2n) is 4.05. The second-order valence-corrected chi connectivity index (χ2v) is 5.69. The zero-order chi connectivity index (χ0) is 13.6. The average Bonchev–Trinajstić information content (AvgIpc) is 2.75. The molecule has 18 heavy (non-hydrogen) atoms. The Bertz CT molecular complexity index is 487. The zero-order valence-corrected chi connectivity index (χ0v) is 11.3. The Hall–Kier alpha value is -1.29. The molecule has 0 bridgehead atoms. The van der Waals surface area contributed by atoms with Crippen molar-refractivity contribution in [3.8, 4) is 12.3 Å². The molecule has 0 aliphatic carbocycles. The average molecular weight is 271 g/mol. The van der Waals surface area contributed by atoms with Gasteiger partial charge in [-0.3, -0.25) is 9.08 Å². The molecule has 0 radical (unpaired) electrons. The lowest BCUT2D eigenvalue weighted by Crippen LogP contribution is -2.38. The van der Waals surface area contributed by atoms with Crippen LogP contribution >= 0.6 is 0 Å². The normalized spacial score (nSPS) is 13.4. The molecule has 0 amide bonds. The van der Waals surface area contributed by atoms with Gasteiger partial charge in [0.05, 0.1) is 25.7 Å². The first-order chi connectivity index (χ1) is 8.42. The minimum absolute atomic E-state index is 0.0533. The zero-order valence-electron chi connectivity index (χ0n) is 10.5. The van der Waals surface area contributed by atoms with E-state index < -0.39 is 10.1 Å². The van der Waals surface area contributed by atoms with Gasteiger partial charge in [-0.1, -0.05) is 5.92 Å². The third kappa shape index (κ3) is 5.36. The molecule has 1 unspecified atom stereocenters. The van der Waals surface area contributed by atoms with E-state index in [0.29, 0.717) is 13.0 Å². The van der Waals surface area contributed by atoms with Crippen LogP contribution in [0.1, 0.15) is 5.76 Å². The topological polar surface area (TPSA) is 59.8 Å². The van der Waals surface area contributed by atoms with Crippen LogP contribution in [0.3, 0.4) is 0 Å². The largest absolute Gasteiger partial charge is 0.469 e. The van der Waals surface area contributed by atoms with Crippen molar-refractivity contribution >= 4 is 10.1 Å². The molecule has 0 aliphatic rings. The molecule has 0 aliphatic heterocycles. The van der Waals surface area contributed by atoms with Crippen LogP contribution in [-0.4, -0.2) is 45.8 Å². The molecule has 1 aromatic rings. The number of terminal acetylenes is 1. The number of hydrogen-bond acceptors (Lipinski definition) is 5. The van der Waals surface area contributed by atoms with Crippen LogP contribution < -0.4 is 0 Å². The minimum Gasteiger partial charge on any atom is -0.469 e. The molecular formula is C12H17NO4S. The molecular weight excluding hydrogens is 254 g/mol. The second kappa shape index (κ2) is 6.59. The Balaban J connectivity index is 2.66. The third-order valence-corrected chi connectivity index (χ3v) is 3.02. The molecule has 1 aromatic heterocycles. The van der Waals surface area contributed by atoms with Gasteiger partial charge in [0.1, 0.15) is 5.76 Å². The van der Waals surface area contributed by atoms with E-state index in [1.807, 2.05) is 18.0 Å². The van der Waals surface area contributed by atoms with Gasteiger partial charge in [0.2, 0.25) is 0 Å². The molecule has 6 heteroatoms. The first-order valence-corrected chi connectivity index (χ1v) is 7.24. The lowest BCUT2D eigenvalue weighted by molar-refractivity contribution is 0.173. The van der Waals surface area contributed by atoms with Crippen molar-refractivity contribution in [2.75, 3.05) is 26.5 Å². The van der Waals surface area contributed by atoms with Crippen molar-refractivity contribution in [2.45, 2.75) is 12.5 Å². The lowest BCUT2D eigenvalue weighted by Gasteiger charge is -2.24. The molecule has 5 nitrogen and oxygen atoms in total. The van der Waals surface area contributed by atoms with Crippen LogP contribution in [0, 0.1) is 12.3 Å². The van der Waals surface area contributed by atoms with Crippen LogP contribution in [0.2, 0.25) is 0 Å². The minimum atomic E-state index is -3.46. The quantitative estimate of drug-likeness (QED) is 0.540. The smallest absolute Gasteiger partial charge is 0.264 e. The van der Waals surface area contributed by atoms with Crippen LogP contribution in [-0.2, 0) is 20.7 Å². The summed E-state index contributed by atoms with van der Waals surface area (Å²) in [7, 11) is -1.64. The van der Waals surface area contributed by atoms with E-state index in [0.717, 1.165) is 12.0 Å². The van der Waals surface area contributed by atoms with E-state index in [4.69, 9.17) is 15.0 Å². The van der Waals surface area contributed by atoms with Gasteiger partial charge in [-0.2, -0.15) is 8.42 Å². The third-order valence-electron chi connectivity index (χ3n) is 2.46. The number of rotatable bonds is 7. The maximum absolute atomic E-state index is 11.0. The molecule has 1 atom stereocenters. The van der Waals surface area contributed by atoms with Gasteiger partial charge in [-0.15, -0.1) is 6.42 Å². The lowest BCUT2D eigenvalue weighted by atomic mass is 10.1. The number of hydrogen-bond donors (Lipinski definition) is 0. The highest BCUT2D eigenvalue weighted by Gasteiger charge is 2.18. The molecule has 0 spiro atoms. The Morgan fingerprint density at radius 1 is 1.61 bits per heavy atom. The monoisotopic (exact) mass is 271 g/mol. The van der Waals surface area contributed by atoms with Crippen molar-refractivity contribution in [2.24, 2.45) is 0 Å². The van der Waals surface area contributed by atoms with Crippen LogP contribution in [0.5, 0.6) is 0 Å². The summed E-state index contributed by atoms with van der Waals surface area (Å²) in [4.78, 5) is 1.85.